The average molecular weight is 452 g/mol. The van der Waals surface area contributed by atoms with Crippen molar-refractivity contribution < 1.29 is 9.59 Å². The van der Waals surface area contributed by atoms with Crippen molar-refractivity contribution in [1.82, 2.24) is 10.2 Å². The molecule has 2 aromatic rings. The maximum atomic E-state index is 12.5. The molecule has 0 bridgehead atoms. The van der Waals surface area contributed by atoms with E-state index in [1.165, 1.54) is 4.88 Å². The summed E-state index contributed by atoms with van der Waals surface area (Å²) in [5.41, 5.74) is 2.59. The Kier molecular flexibility index (Phi) is 7.40. The van der Waals surface area contributed by atoms with Gasteiger partial charge >= 0.3 is 6.03 Å². The minimum Gasteiger partial charge on any atom is -0.335 e. The van der Waals surface area contributed by atoms with Crippen molar-refractivity contribution in [2.75, 3.05) is 30.3 Å². The van der Waals surface area contributed by atoms with Crippen molar-refractivity contribution >= 4 is 34.0 Å². The number of carbonyl (C=O) groups excluding carboxylic acids is 2. The van der Waals surface area contributed by atoms with Crippen molar-refractivity contribution in [3.63, 3.8) is 0 Å². The van der Waals surface area contributed by atoms with E-state index in [-0.39, 0.29) is 18.0 Å². The number of hydrogen-bond donors (Lipinski definition) is 3. The molecule has 168 valence electrons. The van der Waals surface area contributed by atoms with E-state index in [4.69, 9.17) is 0 Å². The van der Waals surface area contributed by atoms with Gasteiger partial charge in [0.25, 0.3) is 0 Å². The number of hydrogen-bond acceptors (Lipinski definition) is 5. The van der Waals surface area contributed by atoms with Crippen LogP contribution in [0.4, 0.5) is 15.5 Å². The quantitative estimate of drug-likeness (QED) is 0.616. The van der Waals surface area contributed by atoms with Gasteiger partial charge in [0, 0.05) is 42.7 Å². The summed E-state index contributed by atoms with van der Waals surface area (Å²) in [7, 11) is 0. The number of anilines is 2. The molecule has 4 rings (SSSR count). The topological polar surface area (TPSA) is 97.3 Å². The molecule has 3 amide bonds. The number of nitriles is 1. The molecule has 0 spiro atoms. The first-order chi connectivity index (χ1) is 15.6. The molecule has 1 aliphatic heterocycles. The highest BCUT2D eigenvalue weighted by Gasteiger charge is 2.23. The van der Waals surface area contributed by atoms with Gasteiger partial charge in [-0.15, -0.1) is 11.3 Å². The van der Waals surface area contributed by atoms with Crippen LogP contribution < -0.4 is 16.0 Å². The minimum absolute atomic E-state index is 0.0393. The number of amides is 3. The number of thiophene rings is 1. The van der Waals surface area contributed by atoms with Gasteiger partial charge in [-0.25, -0.2) is 4.79 Å². The van der Waals surface area contributed by atoms with Gasteiger partial charge in [-0.2, -0.15) is 5.26 Å². The monoisotopic (exact) mass is 451 g/mol. The minimum atomic E-state index is -0.180. The van der Waals surface area contributed by atoms with Crippen molar-refractivity contribution in [2.45, 2.75) is 51.0 Å². The highest BCUT2D eigenvalue weighted by molar-refractivity contribution is 7.16. The third-order valence-corrected chi connectivity index (χ3v) is 7.35. The average Bonchev–Trinajstić information content (AvgIpc) is 3.16. The van der Waals surface area contributed by atoms with Gasteiger partial charge in [-0.3, -0.25) is 4.79 Å². The van der Waals surface area contributed by atoms with E-state index in [1.807, 2.05) is 30.3 Å². The Morgan fingerprint density at radius 2 is 1.84 bits per heavy atom. The Morgan fingerprint density at radius 3 is 2.59 bits per heavy atom. The fourth-order valence-corrected chi connectivity index (χ4v) is 5.65. The number of likely N-dealkylation sites (tertiary alicyclic amines) is 1. The van der Waals surface area contributed by atoms with Crippen LogP contribution in [0.5, 0.6) is 0 Å². The molecule has 0 saturated carbocycles. The molecular weight excluding hydrogens is 422 g/mol. The normalized spacial score (nSPS) is 16.6. The number of carbonyl (C=O) groups is 2. The second-order valence-electron chi connectivity index (χ2n) is 8.41. The lowest BCUT2D eigenvalue weighted by Gasteiger charge is -2.32. The van der Waals surface area contributed by atoms with Crippen LogP contribution in [-0.4, -0.2) is 42.5 Å². The number of aryl methyl sites for hydroxylation is 1. The van der Waals surface area contributed by atoms with Gasteiger partial charge in [0.1, 0.15) is 11.1 Å². The van der Waals surface area contributed by atoms with Crippen LogP contribution in [-0.2, 0) is 17.6 Å². The summed E-state index contributed by atoms with van der Waals surface area (Å²) < 4.78 is 0. The molecule has 1 aromatic carbocycles. The van der Waals surface area contributed by atoms with Crippen LogP contribution in [0.1, 0.15) is 48.1 Å². The molecule has 7 nitrogen and oxygen atoms in total. The van der Waals surface area contributed by atoms with Crippen LogP contribution in [0.15, 0.2) is 30.3 Å². The molecule has 0 radical (unpaired) electrons. The number of nitrogens with zero attached hydrogens (tertiary/aromatic N) is 2. The smallest absolute Gasteiger partial charge is 0.319 e. The van der Waals surface area contributed by atoms with Crippen LogP contribution in [0.3, 0.4) is 0 Å². The molecule has 1 aromatic heterocycles. The van der Waals surface area contributed by atoms with Gasteiger partial charge in [0.2, 0.25) is 5.91 Å². The van der Waals surface area contributed by atoms with Gasteiger partial charge in [0.05, 0.1) is 5.56 Å². The molecule has 1 aliphatic carbocycles. The lowest BCUT2D eigenvalue weighted by atomic mass is 9.96. The van der Waals surface area contributed by atoms with E-state index in [2.05, 4.69) is 26.9 Å². The van der Waals surface area contributed by atoms with Crippen molar-refractivity contribution in [2.24, 2.45) is 0 Å². The SMILES string of the molecule is N#Cc1c(NC(=O)CCN2CCC(NC(=O)Nc3ccccc3)CC2)sc2c1CCCC2. The Bertz CT molecular complexity index is 990. The molecule has 2 heterocycles. The predicted octanol–water partition coefficient (Wildman–Crippen LogP) is 4.11. The van der Waals surface area contributed by atoms with Crippen LogP contribution in [0.25, 0.3) is 0 Å². The fourth-order valence-electron chi connectivity index (χ4n) is 4.40. The summed E-state index contributed by atoms with van der Waals surface area (Å²) in [6, 6.07) is 11.7. The van der Waals surface area contributed by atoms with Crippen molar-refractivity contribution in [1.29, 1.82) is 5.26 Å². The first kappa shape index (κ1) is 22.3. The number of urea groups is 1. The van der Waals surface area contributed by atoms with E-state index in [9.17, 15) is 14.9 Å². The Morgan fingerprint density at radius 1 is 1.09 bits per heavy atom. The van der Waals surface area contributed by atoms with Crippen LogP contribution in [0, 0.1) is 11.3 Å². The number of rotatable bonds is 6. The highest BCUT2D eigenvalue weighted by atomic mass is 32.1. The second-order valence-corrected chi connectivity index (χ2v) is 9.51. The van der Waals surface area contributed by atoms with Crippen LogP contribution in [0.2, 0.25) is 0 Å². The Labute approximate surface area is 192 Å². The zero-order chi connectivity index (χ0) is 22.3. The molecular formula is C24H29N5O2S. The Hall–Kier alpha value is -2.89. The van der Waals surface area contributed by atoms with Gasteiger partial charge in [-0.1, -0.05) is 18.2 Å². The lowest BCUT2D eigenvalue weighted by Crippen LogP contribution is -2.46. The Balaban J connectivity index is 1.18. The first-order valence-corrected chi connectivity index (χ1v) is 12.1. The van der Waals surface area contributed by atoms with Crippen molar-refractivity contribution in [3.8, 4) is 6.07 Å². The fraction of sp³-hybridized carbons (Fsp3) is 0.458. The summed E-state index contributed by atoms with van der Waals surface area (Å²) in [6.07, 6.45) is 6.35. The van der Waals surface area contributed by atoms with Gasteiger partial charge < -0.3 is 20.9 Å². The molecule has 0 atom stereocenters. The molecule has 2 aliphatic rings. The third kappa shape index (κ3) is 5.67. The lowest BCUT2D eigenvalue weighted by molar-refractivity contribution is -0.116. The van der Waals surface area contributed by atoms with E-state index < -0.39 is 0 Å². The molecule has 32 heavy (non-hydrogen) atoms. The number of piperidine rings is 1. The standard InChI is InChI=1S/C24H29N5O2S/c25-16-20-19-8-4-5-9-21(19)32-23(20)28-22(30)12-15-29-13-10-18(11-14-29)27-24(31)26-17-6-2-1-3-7-17/h1-3,6-7,18H,4-5,8-15H2,(H,28,30)(H2,26,27,31). The molecule has 8 heteroatoms. The second kappa shape index (κ2) is 10.6. The largest absolute Gasteiger partial charge is 0.335 e. The van der Waals surface area contributed by atoms with E-state index in [0.29, 0.717) is 18.5 Å². The molecule has 1 fully saturated rings. The number of fused-ring (bicyclic) bond motifs is 1. The first-order valence-electron chi connectivity index (χ1n) is 11.3. The predicted molar refractivity (Wildman–Crippen MR) is 127 cm³/mol. The van der Waals surface area contributed by atoms with Crippen molar-refractivity contribution in [3.05, 3.63) is 46.3 Å². The summed E-state index contributed by atoms with van der Waals surface area (Å²) in [6.45, 7) is 2.38. The highest BCUT2D eigenvalue weighted by Crippen LogP contribution is 2.37. The zero-order valence-electron chi connectivity index (χ0n) is 18.2. The number of nitrogens with one attached hydrogen (secondary N) is 3. The maximum Gasteiger partial charge on any atom is 0.319 e. The van der Waals surface area contributed by atoms with E-state index in [1.54, 1.807) is 11.3 Å². The van der Waals surface area contributed by atoms with Gasteiger partial charge in [-0.05, 0) is 56.2 Å². The van der Waals surface area contributed by atoms with E-state index in [0.717, 1.165) is 67.9 Å². The van der Waals surface area contributed by atoms with Crippen LogP contribution >= 0.6 is 11.3 Å². The zero-order valence-corrected chi connectivity index (χ0v) is 19.0. The summed E-state index contributed by atoms with van der Waals surface area (Å²) >= 11 is 1.57. The maximum absolute atomic E-state index is 12.5. The van der Waals surface area contributed by atoms with E-state index >= 15 is 0 Å². The summed E-state index contributed by atoms with van der Waals surface area (Å²) in [4.78, 5) is 28.2. The van der Waals surface area contributed by atoms with Gasteiger partial charge in [0.15, 0.2) is 0 Å². The molecule has 3 N–H and O–H groups in total. The molecule has 1 saturated heterocycles. The molecule has 0 unspecified atom stereocenters. The summed E-state index contributed by atoms with van der Waals surface area (Å²) in [5.74, 6) is -0.0393. The summed E-state index contributed by atoms with van der Waals surface area (Å²) in [5, 5.41) is 19.1. The number of benzene rings is 1. The third-order valence-electron chi connectivity index (χ3n) is 6.15. The number of para-hydroxylation sites is 1.